The van der Waals surface area contributed by atoms with Gasteiger partial charge in [-0.15, -0.1) is 0 Å². The molecule has 1 fully saturated rings. The normalized spacial score (nSPS) is 14.3. The molecule has 7 nitrogen and oxygen atoms in total. The van der Waals surface area contributed by atoms with Gasteiger partial charge in [-0.25, -0.2) is 9.97 Å². The highest BCUT2D eigenvalue weighted by atomic mass is 16.5. The van der Waals surface area contributed by atoms with Crippen molar-refractivity contribution in [2.24, 2.45) is 5.92 Å². The van der Waals surface area contributed by atoms with E-state index in [4.69, 9.17) is 4.74 Å². The molecule has 2 aromatic rings. The summed E-state index contributed by atoms with van der Waals surface area (Å²) in [7, 11) is 0. The molecule has 0 atom stereocenters. The lowest BCUT2D eigenvalue weighted by Gasteiger charge is -2.30. The maximum Gasteiger partial charge on any atom is 0.274 e. The van der Waals surface area contributed by atoms with Crippen molar-refractivity contribution in [3.05, 3.63) is 42.2 Å². The molecule has 2 N–H and O–H groups in total. The largest absolute Gasteiger partial charge is 0.378 e. The molecular weight excluding hydrogens is 342 g/mol. The van der Waals surface area contributed by atoms with Crippen LogP contribution in [0.15, 0.2) is 36.5 Å². The standard InChI is InChI=1S/C20H27N5O2/c1-15(2)7-9-21-20-22-10-8-17(24-20)19(26)23-16-5-3-4-6-18(16)25-11-13-27-14-12-25/h3-6,8,10,15H,7,9,11-14H2,1-2H3,(H,23,26)(H,21,22,24). The van der Waals surface area contributed by atoms with Crippen molar-refractivity contribution >= 4 is 23.2 Å². The Morgan fingerprint density at radius 1 is 1.22 bits per heavy atom. The average molecular weight is 369 g/mol. The summed E-state index contributed by atoms with van der Waals surface area (Å²) in [6.07, 6.45) is 2.63. The molecule has 1 amide bonds. The van der Waals surface area contributed by atoms with Crippen LogP contribution in [0.2, 0.25) is 0 Å². The molecule has 0 spiro atoms. The van der Waals surface area contributed by atoms with Crippen LogP contribution >= 0.6 is 0 Å². The number of rotatable bonds is 7. The zero-order valence-corrected chi connectivity index (χ0v) is 15.9. The molecule has 1 aliphatic heterocycles. The first kappa shape index (κ1) is 19.1. The molecule has 0 saturated carbocycles. The van der Waals surface area contributed by atoms with E-state index in [1.807, 2.05) is 24.3 Å². The van der Waals surface area contributed by atoms with Gasteiger partial charge in [0.2, 0.25) is 5.95 Å². The Balaban J connectivity index is 1.69. The molecule has 27 heavy (non-hydrogen) atoms. The lowest BCUT2D eigenvalue weighted by Crippen LogP contribution is -2.36. The zero-order valence-electron chi connectivity index (χ0n) is 15.9. The van der Waals surface area contributed by atoms with Gasteiger partial charge in [-0.05, 0) is 30.5 Å². The zero-order chi connectivity index (χ0) is 19.1. The van der Waals surface area contributed by atoms with Gasteiger partial charge < -0.3 is 20.3 Å². The second-order valence-electron chi connectivity index (χ2n) is 6.95. The lowest BCUT2D eigenvalue weighted by atomic mass is 10.1. The van der Waals surface area contributed by atoms with Gasteiger partial charge in [-0.3, -0.25) is 4.79 Å². The number of nitrogens with zero attached hydrogens (tertiary/aromatic N) is 3. The highest BCUT2D eigenvalue weighted by molar-refractivity contribution is 6.04. The minimum atomic E-state index is -0.245. The summed E-state index contributed by atoms with van der Waals surface area (Å²) in [5, 5.41) is 6.16. The van der Waals surface area contributed by atoms with Gasteiger partial charge >= 0.3 is 0 Å². The number of carbonyl (C=O) groups excluding carboxylic acids is 1. The fraction of sp³-hybridized carbons (Fsp3) is 0.450. The number of hydrogen-bond donors (Lipinski definition) is 2. The van der Waals surface area contributed by atoms with Gasteiger partial charge in [0.15, 0.2) is 0 Å². The summed E-state index contributed by atoms with van der Waals surface area (Å²) < 4.78 is 5.42. The highest BCUT2D eigenvalue weighted by Crippen LogP contribution is 2.26. The van der Waals surface area contributed by atoms with Gasteiger partial charge in [0.1, 0.15) is 5.69 Å². The maximum absolute atomic E-state index is 12.7. The first-order valence-corrected chi connectivity index (χ1v) is 9.43. The highest BCUT2D eigenvalue weighted by Gasteiger charge is 2.17. The predicted octanol–water partition coefficient (Wildman–Crippen LogP) is 3.02. The van der Waals surface area contributed by atoms with Crippen molar-refractivity contribution in [2.75, 3.05) is 48.4 Å². The Morgan fingerprint density at radius 3 is 2.78 bits per heavy atom. The molecule has 144 valence electrons. The van der Waals surface area contributed by atoms with Crippen molar-refractivity contribution in [1.82, 2.24) is 9.97 Å². The molecule has 1 aromatic heterocycles. The number of anilines is 3. The molecule has 1 saturated heterocycles. The molecule has 1 aliphatic rings. The van der Waals surface area contributed by atoms with E-state index in [0.29, 0.717) is 30.8 Å². The second kappa shape index (κ2) is 9.32. The average Bonchev–Trinajstić information content (AvgIpc) is 2.69. The molecule has 0 radical (unpaired) electrons. The SMILES string of the molecule is CC(C)CCNc1nccc(C(=O)Nc2ccccc2N2CCOCC2)n1. The summed E-state index contributed by atoms with van der Waals surface area (Å²) in [5.41, 5.74) is 2.12. The van der Waals surface area contributed by atoms with Crippen molar-refractivity contribution < 1.29 is 9.53 Å². The number of para-hydroxylation sites is 2. The van der Waals surface area contributed by atoms with E-state index < -0.39 is 0 Å². The van der Waals surface area contributed by atoms with Crippen LogP contribution in [0.1, 0.15) is 30.8 Å². The van der Waals surface area contributed by atoms with E-state index in [1.54, 1.807) is 12.3 Å². The van der Waals surface area contributed by atoms with Gasteiger partial charge in [0, 0.05) is 25.8 Å². The monoisotopic (exact) mass is 369 g/mol. The summed E-state index contributed by atoms with van der Waals surface area (Å²) in [6, 6.07) is 9.44. The van der Waals surface area contributed by atoms with Crippen LogP contribution in [0.25, 0.3) is 0 Å². The molecule has 0 aliphatic carbocycles. The van der Waals surface area contributed by atoms with Crippen LogP contribution in [0.3, 0.4) is 0 Å². The predicted molar refractivity (Wildman–Crippen MR) is 107 cm³/mol. The van der Waals surface area contributed by atoms with Crippen molar-refractivity contribution in [3.63, 3.8) is 0 Å². The smallest absolute Gasteiger partial charge is 0.274 e. The molecule has 3 rings (SSSR count). The number of amides is 1. The molecule has 0 unspecified atom stereocenters. The first-order chi connectivity index (χ1) is 13.1. The Morgan fingerprint density at radius 2 is 2.00 bits per heavy atom. The number of hydrogen-bond acceptors (Lipinski definition) is 6. The fourth-order valence-corrected chi connectivity index (χ4v) is 2.89. The number of morpholine rings is 1. The quantitative estimate of drug-likeness (QED) is 0.781. The Bertz CT molecular complexity index is 760. The van der Waals surface area contributed by atoms with Crippen LogP contribution < -0.4 is 15.5 Å². The summed E-state index contributed by atoms with van der Waals surface area (Å²) in [4.78, 5) is 23.5. The van der Waals surface area contributed by atoms with E-state index in [1.165, 1.54) is 0 Å². The third kappa shape index (κ3) is 5.40. The molecule has 7 heteroatoms. The van der Waals surface area contributed by atoms with E-state index in [9.17, 15) is 4.79 Å². The van der Waals surface area contributed by atoms with Crippen LogP contribution in [0.4, 0.5) is 17.3 Å². The topological polar surface area (TPSA) is 79.4 Å². The third-order valence-electron chi connectivity index (χ3n) is 4.40. The molecule has 0 bridgehead atoms. The summed E-state index contributed by atoms with van der Waals surface area (Å²) in [5.74, 6) is 0.829. The Labute approximate surface area is 160 Å². The minimum absolute atomic E-state index is 0.245. The lowest BCUT2D eigenvalue weighted by molar-refractivity contribution is 0.102. The van der Waals surface area contributed by atoms with Gasteiger partial charge in [-0.2, -0.15) is 0 Å². The third-order valence-corrected chi connectivity index (χ3v) is 4.40. The van der Waals surface area contributed by atoms with Gasteiger partial charge in [-0.1, -0.05) is 26.0 Å². The fourth-order valence-electron chi connectivity index (χ4n) is 2.89. The van der Waals surface area contributed by atoms with E-state index in [-0.39, 0.29) is 5.91 Å². The number of nitrogens with one attached hydrogen (secondary N) is 2. The summed E-state index contributed by atoms with van der Waals surface area (Å²) >= 11 is 0. The van der Waals surface area contributed by atoms with E-state index in [0.717, 1.165) is 37.4 Å². The van der Waals surface area contributed by atoms with Crippen LogP contribution in [0.5, 0.6) is 0 Å². The second-order valence-corrected chi connectivity index (χ2v) is 6.95. The Kier molecular flexibility index (Phi) is 6.59. The number of ether oxygens (including phenoxy) is 1. The van der Waals surface area contributed by atoms with Crippen LogP contribution in [0, 0.1) is 5.92 Å². The van der Waals surface area contributed by atoms with Crippen molar-refractivity contribution in [2.45, 2.75) is 20.3 Å². The maximum atomic E-state index is 12.7. The number of aromatic nitrogens is 2. The molecular formula is C20H27N5O2. The first-order valence-electron chi connectivity index (χ1n) is 9.43. The minimum Gasteiger partial charge on any atom is -0.378 e. The van der Waals surface area contributed by atoms with E-state index >= 15 is 0 Å². The van der Waals surface area contributed by atoms with Crippen molar-refractivity contribution in [1.29, 1.82) is 0 Å². The summed E-state index contributed by atoms with van der Waals surface area (Å²) in [6.45, 7) is 8.12. The van der Waals surface area contributed by atoms with Crippen LogP contribution in [-0.2, 0) is 4.74 Å². The van der Waals surface area contributed by atoms with Gasteiger partial charge in [0.25, 0.3) is 5.91 Å². The molecule has 2 heterocycles. The number of carbonyl (C=O) groups is 1. The van der Waals surface area contributed by atoms with Crippen LogP contribution in [-0.4, -0.2) is 48.7 Å². The molecule has 1 aromatic carbocycles. The van der Waals surface area contributed by atoms with E-state index in [2.05, 4.69) is 39.3 Å². The number of benzene rings is 1. The van der Waals surface area contributed by atoms with Crippen molar-refractivity contribution in [3.8, 4) is 0 Å². The van der Waals surface area contributed by atoms with Gasteiger partial charge in [0.05, 0.1) is 24.6 Å². The Hall–Kier alpha value is -2.67.